The van der Waals surface area contributed by atoms with Crippen molar-refractivity contribution < 1.29 is 0 Å². The molecule has 0 unspecified atom stereocenters. The molecule has 1 aromatic carbocycles. The molecule has 21 heavy (non-hydrogen) atoms. The number of hydrogen-bond acceptors (Lipinski definition) is 3. The van der Waals surface area contributed by atoms with Gasteiger partial charge in [-0.25, -0.2) is 4.98 Å². The molecule has 0 atom stereocenters. The molecule has 0 N–H and O–H groups in total. The van der Waals surface area contributed by atoms with Crippen LogP contribution in [0.5, 0.6) is 0 Å². The van der Waals surface area contributed by atoms with Crippen molar-refractivity contribution >= 4 is 11.0 Å². The molecule has 2 aromatic rings. The van der Waals surface area contributed by atoms with Gasteiger partial charge in [-0.05, 0) is 44.1 Å². The summed E-state index contributed by atoms with van der Waals surface area (Å²) in [5.74, 6) is 0.985. The van der Waals surface area contributed by atoms with Crippen LogP contribution in [0, 0.1) is 11.3 Å². The number of hydrogen-bond donors (Lipinski definition) is 0. The van der Waals surface area contributed by atoms with Gasteiger partial charge >= 0.3 is 0 Å². The summed E-state index contributed by atoms with van der Waals surface area (Å²) >= 11 is 0. The van der Waals surface area contributed by atoms with Crippen LogP contribution in [-0.2, 0) is 19.5 Å². The van der Waals surface area contributed by atoms with Gasteiger partial charge in [0.25, 0.3) is 0 Å². The van der Waals surface area contributed by atoms with Gasteiger partial charge in [0.15, 0.2) is 0 Å². The van der Waals surface area contributed by atoms with Gasteiger partial charge < -0.3 is 4.57 Å². The minimum absolute atomic E-state index is 0.360. The van der Waals surface area contributed by atoms with Crippen LogP contribution in [0.2, 0.25) is 0 Å². The second-order valence-electron chi connectivity index (χ2n) is 5.54. The van der Waals surface area contributed by atoms with Crippen molar-refractivity contribution in [3.05, 3.63) is 29.6 Å². The van der Waals surface area contributed by atoms with Gasteiger partial charge in [-0.3, -0.25) is 4.90 Å². The van der Waals surface area contributed by atoms with Crippen LogP contribution in [0.15, 0.2) is 18.2 Å². The standard InChI is InChI=1S/C17H24N4/c1-4-6-10-20(3)13-17-19-15-12-14(5-2)7-8-16(15)21(17)11-9-18/h7-8,12H,4-6,10-11,13H2,1-3H3. The average molecular weight is 284 g/mol. The number of rotatable bonds is 7. The Balaban J connectivity index is 2.32. The molecule has 2 rings (SSSR count). The van der Waals surface area contributed by atoms with Gasteiger partial charge in [0.2, 0.25) is 0 Å². The molecular weight excluding hydrogens is 260 g/mol. The number of aromatic nitrogens is 2. The third-order valence-electron chi connectivity index (χ3n) is 3.83. The van der Waals surface area contributed by atoms with Gasteiger partial charge in [-0.2, -0.15) is 5.26 Å². The number of nitrogens with zero attached hydrogens (tertiary/aromatic N) is 4. The normalized spacial score (nSPS) is 11.2. The van der Waals surface area contributed by atoms with Crippen molar-refractivity contribution in [1.29, 1.82) is 5.26 Å². The zero-order valence-electron chi connectivity index (χ0n) is 13.3. The molecule has 0 aliphatic heterocycles. The highest BCUT2D eigenvalue weighted by Crippen LogP contribution is 2.19. The first-order valence-electron chi connectivity index (χ1n) is 7.73. The molecule has 0 fully saturated rings. The lowest BCUT2D eigenvalue weighted by molar-refractivity contribution is 0.309. The van der Waals surface area contributed by atoms with Crippen molar-refractivity contribution in [1.82, 2.24) is 14.5 Å². The average Bonchev–Trinajstić information content (AvgIpc) is 2.82. The Labute approximate surface area is 127 Å². The highest BCUT2D eigenvalue weighted by Gasteiger charge is 2.12. The summed E-state index contributed by atoms with van der Waals surface area (Å²) in [6, 6.07) is 8.61. The van der Waals surface area contributed by atoms with Gasteiger partial charge in [0.1, 0.15) is 12.4 Å². The predicted octanol–water partition coefficient (Wildman–Crippen LogP) is 3.35. The SMILES string of the molecule is CCCCN(C)Cc1nc2cc(CC)ccc2n1CC#N. The largest absolute Gasteiger partial charge is 0.313 e. The molecule has 0 spiro atoms. The Morgan fingerprint density at radius 3 is 2.81 bits per heavy atom. The maximum absolute atomic E-state index is 9.09. The van der Waals surface area contributed by atoms with E-state index >= 15 is 0 Å². The van der Waals surface area contributed by atoms with Crippen molar-refractivity contribution in [2.75, 3.05) is 13.6 Å². The molecule has 0 amide bonds. The lowest BCUT2D eigenvalue weighted by atomic mass is 10.1. The van der Waals surface area contributed by atoms with Gasteiger partial charge in [-0.1, -0.05) is 26.3 Å². The number of fused-ring (bicyclic) bond motifs is 1. The van der Waals surface area contributed by atoms with Crippen LogP contribution in [0.25, 0.3) is 11.0 Å². The Hall–Kier alpha value is -1.86. The van der Waals surface area contributed by atoms with Crippen molar-refractivity contribution in [3.63, 3.8) is 0 Å². The summed E-state index contributed by atoms with van der Waals surface area (Å²) in [5, 5.41) is 9.09. The first kappa shape index (κ1) is 15.5. The zero-order valence-corrected chi connectivity index (χ0v) is 13.3. The van der Waals surface area contributed by atoms with Crippen LogP contribution in [0.4, 0.5) is 0 Å². The van der Waals surface area contributed by atoms with Gasteiger partial charge in [0.05, 0.1) is 23.6 Å². The molecule has 4 nitrogen and oxygen atoms in total. The smallest absolute Gasteiger partial charge is 0.125 e. The fourth-order valence-electron chi connectivity index (χ4n) is 2.56. The van der Waals surface area contributed by atoms with Crippen molar-refractivity contribution in [2.45, 2.75) is 46.2 Å². The number of benzene rings is 1. The second kappa shape index (κ2) is 7.24. The van der Waals surface area contributed by atoms with Crippen LogP contribution in [0.1, 0.15) is 38.1 Å². The van der Waals surface area contributed by atoms with E-state index in [0.29, 0.717) is 6.54 Å². The Morgan fingerprint density at radius 1 is 1.33 bits per heavy atom. The molecule has 1 aromatic heterocycles. The van der Waals surface area contributed by atoms with Gasteiger partial charge in [0, 0.05) is 0 Å². The van der Waals surface area contributed by atoms with Crippen LogP contribution < -0.4 is 0 Å². The summed E-state index contributed by atoms with van der Waals surface area (Å²) in [4.78, 5) is 7.04. The van der Waals surface area contributed by atoms with E-state index in [2.05, 4.69) is 50.1 Å². The molecule has 0 saturated heterocycles. The minimum Gasteiger partial charge on any atom is -0.313 e. The van der Waals surface area contributed by atoms with Crippen LogP contribution in [0.3, 0.4) is 0 Å². The second-order valence-corrected chi connectivity index (χ2v) is 5.54. The van der Waals surface area contributed by atoms with Crippen LogP contribution in [-0.4, -0.2) is 28.0 Å². The predicted molar refractivity (Wildman–Crippen MR) is 86.0 cm³/mol. The van der Waals surface area contributed by atoms with Crippen molar-refractivity contribution in [2.24, 2.45) is 0 Å². The Bertz CT molecular complexity index is 636. The van der Waals surface area contributed by atoms with Gasteiger partial charge in [-0.15, -0.1) is 0 Å². The molecule has 1 heterocycles. The Kier molecular flexibility index (Phi) is 5.35. The fraction of sp³-hybridized carbons (Fsp3) is 0.529. The lowest BCUT2D eigenvalue weighted by Crippen LogP contribution is -2.21. The number of nitriles is 1. The minimum atomic E-state index is 0.360. The molecule has 0 aliphatic rings. The zero-order chi connectivity index (χ0) is 15.2. The van der Waals surface area contributed by atoms with Crippen molar-refractivity contribution in [3.8, 4) is 6.07 Å². The van der Waals surface area contributed by atoms with E-state index in [0.717, 1.165) is 36.4 Å². The summed E-state index contributed by atoms with van der Waals surface area (Å²) in [5.41, 5.74) is 3.35. The molecular formula is C17H24N4. The van der Waals surface area contributed by atoms with E-state index in [4.69, 9.17) is 10.2 Å². The monoisotopic (exact) mass is 284 g/mol. The van der Waals surface area contributed by atoms with E-state index in [1.54, 1.807) is 0 Å². The Morgan fingerprint density at radius 2 is 2.14 bits per heavy atom. The van der Waals surface area contributed by atoms with E-state index in [1.165, 1.54) is 18.4 Å². The topological polar surface area (TPSA) is 44.9 Å². The maximum Gasteiger partial charge on any atom is 0.125 e. The fourth-order valence-corrected chi connectivity index (χ4v) is 2.56. The lowest BCUT2D eigenvalue weighted by Gasteiger charge is -2.16. The van der Waals surface area contributed by atoms with E-state index in [9.17, 15) is 0 Å². The summed E-state index contributed by atoms with van der Waals surface area (Å²) in [7, 11) is 2.11. The highest BCUT2D eigenvalue weighted by molar-refractivity contribution is 5.77. The van der Waals surface area contributed by atoms with E-state index < -0.39 is 0 Å². The molecule has 0 saturated carbocycles. The maximum atomic E-state index is 9.09. The third-order valence-corrected chi connectivity index (χ3v) is 3.83. The highest BCUT2D eigenvalue weighted by atomic mass is 15.2. The molecule has 0 aliphatic carbocycles. The first-order valence-corrected chi connectivity index (χ1v) is 7.73. The van der Waals surface area contributed by atoms with E-state index in [1.807, 2.05) is 4.57 Å². The quantitative estimate of drug-likeness (QED) is 0.783. The summed E-state index contributed by atoms with van der Waals surface area (Å²) in [6.07, 6.45) is 3.39. The molecule has 0 bridgehead atoms. The summed E-state index contributed by atoms with van der Waals surface area (Å²) < 4.78 is 2.04. The number of aryl methyl sites for hydroxylation is 1. The first-order chi connectivity index (χ1) is 10.2. The molecule has 4 heteroatoms. The molecule has 0 radical (unpaired) electrons. The third kappa shape index (κ3) is 3.62. The number of imidazole rings is 1. The molecule has 112 valence electrons. The number of unbranched alkanes of at least 4 members (excludes halogenated alkanes) is 1. The summed E-state index contributed by atoms with van der Waals surface area (Å²) in [6.45, 7) is 6.56. The van der Waals surface area contributed by atoms with Crippen LogP contribution >= 0.6 is 0 Å². The van der Waals surface area contributed by atoms with E-state index in [-0.39, 0.29) is 0 Å².